The van der Waals surface area contributed by atoms with Crippen molar-refractivity contribution in [3.8, 4) is 0 Å². The fraction of sp³-hybridized carbons (Fsp3) is 0.500. The molecule has 0 radical (unpaired) electrons. The molecule has 0 amide bonds. The maximum Gasteiger partial charge on any atom is 0.124 e. The molecule has 1 aromatic rings. The molecule has 0 bridgehead atoms. The quantitative estimate of drug-likeness (QED) is 0.904. The highest BCUT2D eigenvalue weighted by molar-refractivity contribution is 9.10. The Balaban J connectivity index is 1.85. The molecule has 94 valence electrons. The van der Waals surface area contributed by atoms with Crippen molar-refractivity contribution in [2.45, 2.75) is 5.75 Å². The molecule has 0 spiro atoms. The summed E-state index contributed by atoms with van der Waals surface area (Å²) in [5, 5.41) is 9.26. The Morgan fingerprint density at radius 1 is 1.41 bits per heavy atom. The standard InChI is InChI=1S/C12H14BrFO2S/c13-10-1-9(2-11(14)3-10)4-17-8-12(5-15)6-16-7-12/h1-3,15H,4-8H2. The van der Waals surface area contributed by atoms with Gasteiger partial charge in [-0.3, -0.25) is 0 Å². The van der Waals surface area contributed by atoms with Gasteiger partial charge in [0.1, 0.15) is 5.82 Å². The van der Waals surface area contributed by atoms with Gasteiger partial charge in [0, 0.05) is 21.4 Å². The summed E-state index contributed by atoms with van der Waals surface area (Å²) in [6.45, 7) is 1.42. The minimum Gasteiger partial charge on any atom is -0.396 e. The van der Waals surface area contributed by atoms with E-state index in [0.29, 0.717) is 13.2 Å². The molecule has 0 saturated carbocycles. The predicted octanol–water partition coefficient (Wildman–Crippen LogP) is 2.83. The van der Waals surface area contributed by atoms with Crippen molar-refractivity contribution in [2.75, 3.05) is 25.6 Å². The van der Waals surface area contributed by atoms with Crippen molar-refractivity contribution in [3.05, 3.63) is 34.1 Å². The maximum absolute atomic E-state index is 13.1. The Labute approximate surface area is 113 Å². The summed E-state index contributed by atoms with van der Waals surface area (Å²) in [4.78, 5) is 0. The highest BCUT2D eigenvalue weighted by atomic mass is 79.9. The summed E-state index contributed by atoms with van der Waals surface area (Å²) in [5.74, 6) is 1.37. The Bertz CT molecular complexity index is 370. The number of hydrogen-bond acceptors (Lipinski definition) is 3. The van der Waals surface area contributed by atoms with E-state index in [2.05, 4.69) is 15.9 Å². The van der Waals surface area contributed by atoms with Crippen molar-refractivity contribution in [3.63, 3.8) is 0 Å². The van der Waals surface area contributed by atoms with Crippen LogP contribution in [0.25, 0.3) is 0 Å². The van der Waals surface area contributed by atoms with E-state index in [1.165, 1.54) is 6.07 Å². The molecule has 0 atom stereocenters. The molecule has 17 heavy (non-hydrogen) atoms. The SMILES string of the molecule is OCC1(CSCc2cc(F)cc(Br)c2)COC1. The van der Waals surface area contributed by atoms with Crippen LogP contribution >= 0.6 is 27.7 Å². The molecule has 1 aromatic carbocycles. The van der Waals surface area contributed by atoms with Gasteiger partial charge < -0.3 is 9.84 Å². The largest absolute Gasteiger partial charge is 0.396 e. The van der Waals surface area contributed by atoms with Gasteiger partial charge in [-0.2, -0.15) is 11.8 Å². The molecular weight excluding hydrogens is 307 g/mol. The van der Waals surface area contributed by atoms with E-state index in [1.807, 2.05) is 6.07 Å². The smallest absolute Gasteiger partial charge is 0.124 e. The second kappa shape index (κ2) is 5.69. The first-order valence-electron chi connectivity index (χ1n) is 5.35. The van der Waals surface area contributed by atoms with Crippen LogP contribution < -0.4 is 0 Å². The van der Waals surface area contributed by atoms with Crippen molar-refractivity contribution < 1.29 is 14.2 Å². The normalized spacial score (nSPS) is 17.8. The molecule has 1 saturated heterocycles. The summed E-state index contributed by atoms with van der Waals surface area (Å²) >= 11 is 4.98. The van der Waals surface area contributed by atoms with Crippen molar-refractivity contribution >= 4 is 27.7 Å². The molecule has 1 aliphatic heterocycles. The summed E-state index contributed by atoms with van der Waals surface area (Å²) in [6, 6.07) is 4.91. The zero-order chi connectivity index (χ0) is 12.3. The third-order valence-electron chi connectivity index (χ3n) is 2.75. The summed E-state index contributed by atoms with van der Waals surface area (Å²) in [7, 11) is 0. The first-order chi connectivity index (χ1) is 8.13. The van der Waals surface area contributed by atoms with Crippen LogP contribution in [-0.4, -0.2) is 30.7 Å². The molecule has 0 aromatic heterocycles. The van der Waals surface area contributed by atoms with Gasteiger partial charge in [-0.25, -0.2) is 4.39 Å². The molecule has 1 N–H and O–H groups in total. The van der Waals surface area contributed by atoms with Crippen molar-refractivity contribution in [1.82, 2.24) is 0 Å². The number of aliphatic hydroxyl groups excluding tert-OH is 1. The molecule has 2 nitrogen and oxygen atoms in total. The first kappa shape index (κ1) is 13.3. The third kappa shape index (κ3) is 3.44. The highest BCUT2D eigenvalue weighted by Gasteiger charge is 2.37. The number of halogens is 2. The molecule has 0 unspecified atom stereocenters. The van der Waals surface area contributed by atoms with Crippen LogP contribution in [0.1, 0.15) is 5.56 Å². The lowest BCUT2D eigenvalue weighted by molar-refractivity contribution is -0.121. The average molecular weight is 321 g/mol. The third-order valence-corrected chi connectivity index (χ3v) is 4.56. The monoisotopic (exact) mass is 320 g/mol. The second-order valence-corrected chi connectivity index (χ2v) is 6.32. The van der Waals surface area contributed by atoms with Crippen LogP contribution in [0.4, 0.5) is 4.39 Å². The van der Waals surface area contributed by atoms with Crippen LogP contribution in [0.5, 0.6) is 0 Å². The lowest BCUT2D eigenvalue weighted by atomic mass is 9.90. The second-order valence-electron chi connectivity index (χ2n) is 4.42. The number of rotatable bonds is 5. The Morgan fingerprint density at radius 2 is 2.18 bits per heavy atom. The van der Waals surface area contributed by atoms with E-state index < -0.39 is 0 Å². The minimum absolute atomic E-state index is 0.0742. The number of hydrogen-bond donors (Lipinski definition) is 1. The van der Waals surface area contributed by atoms with E-state index in [9.17, 15) is 9.50 Å². The highest BCUT2D eigenvalue weighted by Crippen LogP contribution is 2.32. The Hall–Kier alpha value is -0.100. The lowest BCUT2D eigenvalue weighted by Crippen LogP contribution is -2.47. The van der Waals surface area contributed by atoms with E-state index in [4.69, 9.17) is 4.74 Å². The maximum atomic E-state index is 13.1. The van der Waals surface area contributed by atoms with Crippen molar-refractivity contribution in [2.24, 2.45) is 5.41 Å². The predicted molar refractivity (Wildman–Crippen MR) is 70.6 cm³/mol. The fourth-order valence-corrected chi connectivity index (χ4v) is 3.40. The lowest BCUT2D eigenvalue weighted by Gasteiger charge is -2.39. The number of benzene rings is 1. The van der Waals surface area contributed by atoms with Crippen LogP contribution in [0, 0.1) is 11.2 Å². The van der Waals surface area contributed by atoms with Gasteiger partial charge in [0.15, 0.2) is 0 Å². The molecule has 1 heterocycles. The minimum atomic E-state index is -0.223. The van der Waals surface area contributed by atoms with Gasteiger partial charge in [-0.05, 0) is 23.8 Å². The van der Waals surface area contributed by atoms with E-state index in [-0.39, 0.29) is 17.8 Å². The molecule has 2 rings (SSSR count). The van der Waals surface area contributed by atoms with Crippen LogP contribution in [-0.2, 0) is 10.5 Å². The van der Waals surface area contributed by atoms with Gasteiger partial charge in [-0.1, -0.05) is 15.9 Å². The van der Waals surface area contributed by atoms with Gasteiger partial charge in [0.25, 0.3) is 0 Å². The molecule has 0 aliphatic carbocycles. The van der Waals surface area contributed by atoms with Gasteiger partial charge >= 0.3 is 0 Å². The van der Waals surface area contributed by atoms with Crippen molar-refractivity contribution in [1.29, 1.82) is 0 Å². The van der Waals surface area contributed by atoms with Gasteiger partial charge in [-0.15, -0.1) is 0 Å². The number of thioether (sulfide) groups is 1. The topological polar surface area (TPSA) is 29.5 Å². The zero-order valence-electron chi connectivity index (χ0n) is 9.29. The first-order valence-corrected chi connectivity index (χ1v) is 7.30. The summed E-state index contributed by atoms with van der Waals surface area (Å²) in [6.07, 6.45) is 0. The van der Waals surface area contributed by atoms with E-state index in [0.717, 1.165) is 21.5 Å². The Morgan fingerprint density at radius 3 is 2.71 bits per heavy atom. The van der Waals surface area contributed by atoms with Gasteiger partial charge in [0.2, 0.25) is 0 Å². The van der Waals surface area contributed by atoms with Crippen LogP contribution in [0.3, 0.4) is 0 Å². The summed E-state index contributed by atoms with van der Waals surface area (Å²) < 4.78 is 19.0. The zero-order valence-corrected chi connectivity index (χ0v) is 11.7. The van der Waals surface area contributed by atoms with Crippen LogP contribution in [0.15, 0.2) is 22.7 Å². The average Bonchev–Trinajstić information content (AvgIpc) is 2.20. The molecular formula is C12H14BrFO2S. The number of aliphatic hydroxyl groups is 1. The van der Waals surface area contributed by atoms with E-state index >= 15 is 0 Å². The molecule has 1 aliphatic rings. The Kier molecular flexibility index (Phi) is 4.47. The van der Waals surface area contributed by atoms with E-state index in [1.54, 1.807) is 17.8 Å². The molecule has 5 heteroatoms. The number of ether oxygens (including phenoxy) is 1. The molecule has 1 fully saturated rings. The fourth-order valence-electron chi connectivity index (χ4n) is 1.69. The summed E-state index contributed by atoms with van der Waals surface area (Å²) in [5.41, 5.74) is 0.880. The van der Waals surface area contributed by atoms with Crippen LogP contribution in [0.2, 0.25) is 0 Å². The van der Waals surface area contributed by atoms with Gasteiger partial charge in [0.05, 0.1) is 19.8 Å².